The first kappa shape index (κ1) is 16.2. The molecule has 1 heterocycles. The van der Waals surface area contributed by atoms with E-state index in [1.807, 2.05) is 18.2 Å². The average Bonchev–Trinajstić information content (AvgIpc) is 2.67. The van der Waals surface area contributed by atoms with Gasteiger partial charge in [-0.1, -0.05) is 30.3 Å². The summed E-state index contributed by atoms with van der Waals surface area (Å²) in [5.41, 5.74) is 2.42. The molecule has 4 heteroatoms. The molecule has 24 heavy (non-hydrogen) atoms. The third-order valence-electron chi connectivity index (χ3n) is 4.32. The predicted octanol–water partition coefficient (Wildman–Crippen LogP) is 3.50. The normalized spacial score (nSPS) is 14.9. The molecular weight excluding hydrogens is 300 g/mol. The number of hydrogen-bond donors (Lipinski definition) is 0. The standard InChI is InChI=1S/C20H24N2O2/c1-23-19-9-8-18(16-20(19)24-2)22-14-12-21(13-15-22)11-10-17-6-4-3-5-7-17/h3-11,16H,12-15H2,1-2H3. The number of anilines is 1. The third kappa shape index (κ3) is 3.82. The largest absolute Gasteiger partial charge is 0.493 e. The minimum Gasteiger partial charge on any atom is -0.493 e. The number of methoxy groups -OCH3 is 2. The highest BCUT2D eigenvalue weighted by molar-refractivity contribution is 5.57. The molecule has 0 atom stereocenters. The first-order chi connectivity index (χ1) is 11.8. The van der Waals surface area contributed by atoms with Crippen molar-refractivity contribution in [1.29, 1.82) is 0 Å². The quantitative estimate of drug-likeness (QED) is 0.840. The van der Waals surface area contributed by atoms with Gasteiger partial charge < -0.3 is 19.3 Å². The molecule has 2 aromatic carbocycles. The van der Waals surface area contributed by atoms with Crippen molar-refractivity contribution >= 4 is 11.8 Å². The summed E-state index contributed by atoms with van der Waals surface area (Å²) in [6, 6.07) is 16.5. The van der Waals surface area contributed by atoms with Crippen LogP contribution in [0.25, 0.3) is 6.08 Å². The van der Waals surface area contributed by atoms with Gasteiger partial charge in [-0.05, 0) is 30.0 Å². The number of benzene rings is 2. The van der Waals surface area contributed by atoms with Gasteiger partial charge in [0.2, 0.25) is 0 Å². The van der Waals surface area contributed by atoms with E-state index in [2.05, 4.69) is 52.4 Å². The smallest absolute Gasteiger partial charge is 0.162 e. The van der Waals surface area contributed by atoms with Crippen molar-refractivity contribution in [2.45, 2.75) is 0 Å². The Morgan fingerprint density at radius 2 is 1.54 bits per heavy atom. The molecule has 0 unspecified atom stereocenters. The van der Waals surface area contributed by atoms with Crippen molar-refractivity contribution in [2.75, 3.05) is 45.3 Å². The van der Waals surface area contributed by atoms with Crippen LogP contribution in [-0.4, -0.2) is 45.3 Å². The highest BCUT2D eigenvalue weighted by atomic mass is 16.5. The van der Waals surface area contributed by atoms with Crippen LogP contribution >= 0.6 is 0 Å². The molecule has 0 aliphatic carbocycles. The fourth-order valence-electron chi connectivity index (χ4n) is 2.91. The van der Waals surface area contributed by atoms with Gasteiger partial charge in [0.1, 0.15) is 0 Å². The molecule has 1 aliphatic rings. The summed E-state index contributed by atoms with van der Waals surface area (Å²) in [6.07, 6.45) is 4.37. The Kier molecular flexibility index (Phi) is 5.26. The molecule has 0 saturated carbocycles. The van der Waals surface area contributed by atoms with Gasteiger partial charge in [-0.2, -0.15) is 0 Å². The van der Waals surface area contributed by atoms with Crippen LogP contribution in [0.15, 0.2) is 54.7 Å². The molecule has 3 rings (SSSR count). The molecule has 1 aliphatic heterocycles. The highest BCUT2D eigenvalue weighted by Crippen LogP contribution is 2.31. The minimum absolute atomic E-state index is 0.769. The maximum absolute atomic E-state index is 5.40. The zero-order chi connectivity index (χ0) is 16.8. The van der Waals surface area contributed by atoms with Gasteiger partial charge in [-0.25, -0.2) is 0 Å². The Bertz CT molecular complexity index is 677. The lowest BCUT2D eigenvalue weighted by Gasteiger charge is -2.35. The van der Waals surface area contributed by atoms with Gasteiger partial charge in [-0.3, -0.25) is 0 Å². The van der Waals surface area contributed by atoms with Crippen molar-refractivity contribution in [2.24, 2.45) is 0 Å². The first-order valence-electron chi connectivity index (χ1n) is 8.24. The fraction of sp³-hybridized carbons (Fsp3) is 0.300. The molecule has 0 aromatic heterocycles. The first-order valence-corrected chi connectivity index (χ1v) is 8.24. The number of rotatable bonds is 5. The lowest BCUT2D eigenvalue weighted by molar-refractivity contribution is 0.347. The monoisotopic (exact) mass is 324 g/mol. The molecule has 0 spiro atoms. The van der Waals surface area contributed by atoms with Crippen LogP contribution in [0.1, 0.15) is 5.56 Å². The summed E-state index contributed by atoms with van der Waals surface area (Å²) in [4.78, 5) is 4.75. The van der Waals surface area contributed by atoms with Crippen molar-refractivity contribution in [3.05, 3.63) is 60.3 Å². The Hall–Kier alpha value is -2.62. The second kappa shape index (κ2) is 7.77. The van der Waals surface area contributed by atoms with Crippen LogP contribution in [-0.2, 0) is 0 Å². The maximum Gasteiger partial charge on any atom is 0.162 e. The highest BCUT2D eigenvalue weighted by Gasteiger charge is 2.16. The van der Waals surface area contributed by atoms with Crippen LogP contribution < -0.4 is 14.4 Å². The zero-order valence-electron chi connectivity index (χ0n) is 14.3. The SMILES string of the molecule is COc1ccc(N2CCN(C=Cc3ccccc3)CC2)cc1OC. The lowest BCUT2D eigenvalue weighted by Crippen LogP contribution is -2.44. The summed E-state index contributed by atoms with van der Waals surface area (Å²) in [6.45, 7) is 4.01. The van der Waals surface area contributed by atoms with E-state index in [4.69, 9.17) is 9.47 Å². The van der Waals surface area contributed by atoms with Crippen molar-refractivity contribution in [3.8, 4) is 11.5 Å². The van der Waals surface area contributed by atoms with Gasteiger partial charge >= 0.3 is 0 Å². The molecule has 0 N–H and O–H groups in total. The topological polar surface area (TPSA) is 24.9 Å². The number of piperazine rings is 1. The van der Waals surface area contributed by atoms with E-state index in [1.165, 1.54) is 11.3 Å². The minimum atomic E-state index is 0.769. The van der Waals surface area contributed by atoms with Gasteiger partial charge in [0.15, 0.2) is 11.5 Å². The van der Waals surface area contributed by atoms with E-state index < -0.39 is 0 Å². The second-order valence-electron chi connectivity index (χ2n) is 5.79. The molecule has 1 fully saturated rings. The van der Waals surface area contributed by atoms with E-state index in [9.17, 15) is 0 Å². The van der Waals surface area contributed by atoms with E-state index in [0.717, 1.165) is 37.7 Å². The Balaban J connectivity index is 1.60. The summed E-state index contributed by atoms with van der Waals surface area (Å²) in [5, 5.41) is 0. The Morgan fingerprint density at radius 1 is 0.833 bits per heavy atom. The third-order valence-corrected chi connectivity index (χ3v) is 4.32. The zero-order valence-corrected chi connectivity index (χ0v) is 14.3. The Labute approximate surface area is 143 Å². The molecular formula is C20H24N2O2. The molecule has 0 radical (unpaired) electrons. The summed E-state index contributed by atoms with van der Waals surface area (Å²) >= 11 is 0. The number of ether oxygens (including phenoxy) is 2. The van der Waals surface area contributed by atoms with E-state index in [1.54, 1.807) is 14.2 Å². The number of nitrogens with zero attached hydrogens (tertiary/aromatic N) is 2. The van der Waals surface area contributed by atoms with Crippen LogP contribution in [0.3, 0.4) is 0 Å². The summed E-state index contributed by atoms with van der Waals surface area (Å²) < 4.78 is 10.7. The maximum atomic E-state index is 5.40. The van der Waals surface area contributed by atoms with E-state index in [0.29, 0.717) is 0 Å². The average molecular weight is 324 g/mol. The van der Waals surface area contributed by atoms with Crippen molar-refractivity contribution < 1.29 is 9.47 Å². The summed E-state index contributed by atoms with van der Waals surface area (Å²) in [5.74, 6) is 1.55. The molecule has 1 saturated heterocycles. The molecule has 0 amide bonds. The lowest BCUT2D eigenvalue weighted by atomic mass is 10.2. The summed E-state index contributed by atoms with van der Waals surface area (Å²) in [7, 11) is 3.34. The van der Waals surface area contributed by atoms with Crippen LogP contribution in [0, 0.1) is 0 Å². The molecule has 4 nitrogen and oxygen atoms in total. The fourth-order valence-corrected chi connectivity index (χ4v) is 2.91. The van der Waals surface area contributed by atoms with Crippen LogP contribution in [0.4, 0.5) is 5.69 Å². The van der Waals surface area contributed by atoms with Gasteiger partial charge in [0, 0.05) is 37.9 Å². The van der Waals surface area contributed by atoms with Gasteiger partial charge in [-0.15, -0.1) is 0 Å². The predicted molar refractivity (Wildman–Crippen MR) is 98.8 cm³/mol. The van der Waals surface area contributed by atoms with E-state index in [-0.39, 0.29) is 0 Å². The van der Waals surface area contributed by atoms with Crippen LogP contribution in [0.5, 0.6) is 11.5 Å². The van der Waals surface area contributed by atoms with E-state index >= 15 is 0 Å². The molecule has 0 bridgehead atoms. The molecule has 126 valence electrons. The van der Waals surface area contributed by atoms with Crippen molar-refractivity contribution in [3.63, 3.8) is 0 Å². The molecule has 2 aromatic rings. The van der Waals surface area contributed by atoms with Gasteiger partial charge in [0.25, 0.3) is 0 Å². The van der Waals surface area contributed by atoms with Crippen LogP contribution in [0.2, 0.25) is 0 Å². The Morgan fingerprint density at radius 3 is 2.21 bits per heavy atom. The number of hydrogen-bond acceptors (Lipinski definition) is 4. The second-order valence-corrected chi connectivity index (χ2v) is 5.79. The van der Waals surface area contributed by atoms with Crippen molar-refractivity contribution in [1.82, 2.24) is 4.90 Å². The van der Waals surface area contributed by atoms with Gasteiger partial charge in [0.05, 0.1) is 14.2 Å².